The van der Waals surface area contributed by atoms with E-state index in [1.54, 1.807) is 0 Å². The largest absolute Gasteiger partial charge is 0.378 e. The third-order valence-electron chi connectivity index (χ3n) is 3.94. The lowest BCUT2D eigenvalue weighted by Gasteiger charge is -2.36. The highest BCUT2D eigenvalue weighted by Gasteiger charge is 2.43. The van der Waals surface area contributed by atoms with E-state index in [0.29, 0.717) is 6.10 Å². The van der Waals surface area contributed by atoms with Crippen LogP contribution in [0.4, 0.5) is 0 Å². The molecule has 17 heavy (non-hydrogen) atoms. The van der Waals surface area contributed by atoms with Crippen molar-refractivity contribution in [3.8, 4) is 6.07 Å². The molecule has 0 unspecified atom stereocenters. The molecule has 0 radical (unpaired) electrons. The zero-order valence-electron chi connectivity index (χ0n) is 10.4. The summed E-state index contributed by atoms with van der Waals surface area (Å²) in [5, 5.41) is 12.2. The number of hydrogen-bond donors (Lipinski definition) is 1. The molecule has 0 aliphatic heterocycles. The monoisotopic (exact) mass is 236 g/mol. The molecule has 2 rings (SSSR count). The molecule has 0 bridgehead atoms. The van der Waals surface area contributed by atoms with Gasteiger partial charge in [-0.1, -0.05) is 12.8 Å². The van der Waals surface area contributed by atoms with Crippen molar-refractivity contribution in [2.75, 3.05) is 6.61 Å². The zero-order valence-corrected chi connectivity index (χ0v) is 10.4. The molecule has 0 saturated heterocycles. The quantitative estimate of drug-likeness (QED) is 0.809. The number of amides is 1. The van der Waals surface area contributed by atoms with E-state index in [0.717, 1.165) is 45.1 Å². The minimum Gasteiger partial charge on any atom is -0.378 e. The predicted octanol–water partition coefficient (Wildman–Crippen LogP) is 1.75. The average molecular weight is 236 g/mol. The third kappa shape index (κ3) is 2.44. The lowest BCUT2D eigenvalue weighted by molar-refractivity contribution is -0.130. The smallest absolute Gasteiger partial charge is 0.240 e. The van der Waals surface area contributed by atoms with Crippen LogP contribution in [0.5, 0.6) is 0 Å². The van der Waals surface area contributed by atoms with Crippen molar-refractivity contribution >= 4 is 5.91 Å². The standard InChI is InChI=1S/C13H20N2O2/c1-2-17-11-7-10(8-11)15-12(16)13(9-14)5-3-4-6-13/h10-11H,2-8H2,1H3,(H,15,16). The minimum absolute atomic E-state index is 0.0579. The molecule has 0 atom stereocenters. The van der Waals surface area contributed by atoms with E-state index < -0.39 is 5.41 Å². The van der Waals surface area contributed by atoms with Crippen molar-refractivity contribution in [1.82, 2.24) is 5.32 Å². The third-order valence-corrected chi connectivity index (χ3v) is 3.94. The van der Waals surface area contributed by atoms with Crippen LogP contribution in [0, 0.1) is 16.7 Å². The van der Waals surface area contributed by atoms with E-state index in [4.69, 9.17) is 4.74 Å². The van der Waals surface area contributed by atoms with Gasteiger partial charge in [0.25, 0.3) is 0 Å². The summed E-state index contributed by atoms with van der Waals surface area (Å²) in [7, 11) is 0. The van der Waals surface area contributed by atoms with Gasteiger partial charge >= 0.3 is 0 Å². The summed E-state index contributed by atoms with van der Waals surface area (Å²) in [6.07, 6.45) is 5.50. The molecule has 0 aromatic carbocycles. The van der Waals surface area contributed by atoms with Crippen molar-refractivity contribution in [2.45, 2.75) is 57.6 Å². The first kappa shape index (κ1) is 12.4. The molecule has 1 amide bonds. The van der Waals surface area contributed by atoms with Crippen LogP contribution in [-0.2, 0) is 9.53 Å². The van der Waals surface area contributed by atoms with Gasteiger partial charge in [0.05, 0.1) is 12.2 Å². The molecular weight excluding hydrogens is 216 g/mol. The molecule has 0 aromatic rings. The van der Waals surface area contributed by atoms with Crippen molar-refractivity contribution in [3.63, 3.8) is 0 Å². The number of nitrogens with zero attached hydrogens (tertiary/aromatic N) is 1. The Kier molecular flexibility index (Phi) is 3.68. The van der Waals surface area contributed by atoms with Gasteiger partial charge in [-0.05, 0) is 32.6 Å². The molecule has 4 heteroatoms. The van der Waals surface area contributed by atoms with Crippen LogP contribution in [0.1, 0.15) is 45.4 Å². The molecule has 4 nitrogen and oxygen atoms in total. The molecule has 94 valence electrons. The Balaban J connectivity index is 1.80. The Labute approximate surface area is 102 Å². The van der Waals surface area contributed by atoms with Gasteiger partial charge in [0, 0.05) is 12.6 Å². The van der Waals surface area contributed by atoms with Crippen LogP contribution in [0.3, 0.4) is 0 Å². The van der Waals surface area contributed by atoms with Gasteiger partial charge in [-0.2, -0.15) is 5.26 Å². The van der Waals surface area contributed by atoms with Crippen molar-refractivity contribution in [3.05, 3.63) is 0 Å². The lowest BCUT2D eigenvalue weighted by atomic mass is 9.84. The van der Waals surface area contributed by atoms with Crippen LogP contribution >= 0.6 is 0 Å². The highest BCUT2D eigenvalue weighted by Crippen LogP contribution is 2.38. The number of rotatable bonds is 4. The predicted molar refractivity (Wildman–Crippen MR) is 63.1 cm³/mol. The van der Waals surface area contributed by atoms with Gasteiger partial charge in [0.2, 0.25) is 5.91 Å². The molecule has 0 heterocycles. The number of carbonyl (C=O) groups excluding carboxylic acids is 1. The molecule has 0 aromatic heterocycles. The van der Waals surface area contributed by atoms with E-state index in [9.17, 15) is 10.1 Å². The summed E-state index contributed by atoms with van der Waals surface area (Å²) < 4.78 is 5.45. The molecule has 0 spiro atoms. The van der Waals surface area contributed by atoms with Gasteiger partial charge in [-0.15, -0.1) is 0 Å². The van der Waals surface area contributed by atoms with Crippen molar-refractivity contribution < 1.29 is 9.53 Å². The van der Waals surface area contributed by atoms with E-state index in [-0.39, 0.29) is 11.9 Å². The summed E-state index contributed by atoms with van der Waals surface area (Å²) in [4.78, 5) is 12.1. The van der Waals surface area contributed by atoms with E-state index >= 15 is 0 Å². The maximum Gasteiger partial charge on any atom is 0.240 e. The van der Waals surface area contributed by atoms with Crippen LogP contribution in [0.2, 0.25) is 0 Å². The number of hydrogen-bond acceptors (Lipinski definition) is 3. The number of nitriles is 1. The van der Waals surface area contributed by atoms with E-state index in [1.165, 1.54) is 0 Å². The SMILES string of the molecule is CCOC1CC(NC(=O)C2(C#N)CCCC2)C1. The molecule has 2 aliphatic rings. The second kappa shape index (κ2) is 5.05. The Hall–Kier alpha value is -1.08. The molecule has 2 aliphatic carbocycles. The first-order chi connectivity index (χ1) is 8.20. The minimum atomic E-state index is -0.739. The Bertz CT molecular complexity index is 323. The van der Waals surface area contributed by atoms with Gasteiger partial charge in [-0.3, -0.25) is 4.79 Å². The normalized spacial score (nSPS) is 30.4. The fourth-order valence-electron chi connectivity index (χ4n) is 2.75. The van der Waals surface area contributed by atoms with Gasteiger partial charge < -0.3 is 10.1 Å². The average Bonchev–Trinajstić information content (AvgIpc) is 2.76. The summed E-state index contributed by atoms with van der Waals surface area (Å²) in [6.45, 7) is 2.71. The summed E-state index contributed by atoms with van der Waals surface area (Å²) in [6, 6.07) is 2.44. The van der Waals surface area contributed by atoms with Gasteiger partial charge in [-0.25, -0.2) is 0 Å². The number of nitrogens with one attached hydrogen (secondary N) is 1. The number of carbonyl (C=O) groups is 1. The fraction of sp³-hybridized carbons (Fsp3) is 0.846. The molecule has 1 N–H and O–H groups in total. The topological polar surface area (TPSA) is 62.1 Å². The molecule has 2 saturated carbocycles. The van der Waals surface area contributed by atoms with E-state index in [2.05, 4.69) is 11.4 Å². The Morgan fingerprint density at radius 2 is 2.12 bits per heavy atom. The maximum absolute atomic E-state index is 12.1. The van der Waals surface area contributed by atoms with Crippen LogP contribution < -0.4 is 5.32 Å². The molecule has 2 fully saturated rings. The zero-order chi connectivity index (χ0) is 12.3. The van der Waals surface area contributed by atoms with Crippen LogP contribution in [-0.4, -0.2) is 24.7 Å². The second-order valence-corrected chi connectivity index (χ2v) is 5.12. The van der Waals surface area contributed by atoms with Crippen molar-refractivity contribution in [2.24, 2.45) is 5.41 Å². The summed E-state index contributed by atoms with van der Waals surface area (Å²) in [5.74, 6) is -0.0579. The maximum atomic E-state index is 12.1. The lowest BCUT2D eigenvalue weighted by Crippen LogP contribution is -2.51. The highest BCUT2D eigenvalue weighted by atomic mass is 16.5. The van der Waals surface area contributed by atoms with E-state index in [1.807, 2.05) is 6.92 Å². The highest BCUT2D eigenvalue weighted by molar-refractivity contribution is 5.86. The second-order valence-electron chi connectivity index (χ2n) is 5.12. The van der Waals surface area contributed by atoms with Gasteiger partial charge in [0.1, 0.15) is 5.41 Å². The van der Waals surface area contributed by atoms with Crippen molar-refractivity contribution in [1.29, 1.82) is 5.26 Å². The van der Waals surface area contributed by atoms with Crippen LogP contribution in [0.25, 0.3) is 0 Å². The van der Waals surface area contributed by atoms with Crippen LogP contribution in [0.15, 0.2) is 0 Å². The Morgan fingerprint density at radius 1 is 1.47 bits per heavy atom. The number of ether oxygens (including phenoxy) is 1. The first-order valence-corrected chi connectivity index (χ1v) is 6.54. The Morgan fingerprint density at radius 3 is 2.65 bits per heavy atom. The first-order valence-electron chi connectivity index (χ1n) is 6.54. The molecular formula is C13H20N2O2. The fourth-order valence-corrected chi connectivity index (χ4v) is 2.75. The summed E-state index contributed by atoms with van der Waals surface area (Å²) in [5.41, 5.74) is -0.739. The van der Waals surface area contributed by atoms with Gasteiger partial charge in [0.15, 0.2) is 0 Å². The summed E-state index contributed by atoms with van der Waals surface area (Å²) >= 11 is 0.